The molecule has 0 spiro atoms. The lowest BCUT2D eigenvalue weighted by Crippen LogP contribution is -2.42. The second-order valence-corrected chi connectivity index (χ2v) is 13.1. The summed E-state index contributed by atoms with van der Waals surface area (Å²) in [4.78, 5) is 3.93. The third-order valence-electron chi connectivity index (χ3n) is 8.11. The molecule has 0 bridgehead atoms. The quantitative estimate of drug-likeness (QED) is 0.0686. The Bertz CT molecular complexity index is 722. The van der Waals surface area contributed by atoms with Crippen LogP contribution in [-0.4, -0.2) is 124 Å². The number of rotatable bonds is 34. The van der Waals surface area contributed by atoms with Gasteiger partial charge in [0.1, 0.15) is 0 Å². The van der Waals surface area contributed by atoms with Gasteiger partial charge in [-0.1, -0.05) is 79.1 Å². The second kappa shape index (κ2) is 30.3. The van der Waals surface area contributed by atoms with Crippen LogP contribution in [0.1, 0.15) is 105 Å². The Balaban J connectivity index is 3.00. The molecular formula is C38H72N2O8. The maximum Gasteiger partial charge on any atom is 0.0948 e. The van der Waals surface area contributed by atoms with Gasteiger partial charge in [-0.2, -0.15) is 0 Å². The third kappa shape index (κ3) is 23.0. The fourth-order valence-electron chi connectivity index (χ4n) is 5.37. The molecule has 0 saturated heterocycles. The van der Waals surface area contributed by atoms with Gasteiger partial charge in [-0.3, -0.25) is 0 Å². The predicted molar refractivity (Wildman–Crippen MR) is 196 cm³/mol. The third-order valence-corrected chi connectivity index (χ3v) is 8.11. The Morgan fingerprint density at radius 3 is 0.854 bits per heavy atom. The van der Waals surface area contributed by atoms with Gasteiger partial charge < -0.3 is 49.2 Å². The van der Waals surface area contributed by atoms with E-state index in [1.807, 2.05) is 34.1 Å². The van der Waals surface area contributed by atoms with Gasteiger partial charge in [0, 0.05) is 64.0 Å². The summed E-state index contributed by atoms with van der Waals surface area (Å²) < 4.78 is 22.9. The lowest BCUT2D eigenvalue weighted by molar-refractivity contribution is 0.0283. The summed E-state index contributed by atoms with van der Waals surface area (Å²) in [5, 5.41) is 43.3. The highest BCUT2D eigenvalue weighted by molar-refractivity contribution is 5.57. The molecule has 0 amide bonds. The van der Waals surface area contributed by atoms with Crippen LogP contribution in [-0.2, 0) is 18.9 Å². The van der Waals surface area contributed by atoms with Crippen molar-refractivity contribution in [1.29, 1.82) is 0 Å². The number of aliphatic hydroxyl groups is 4. The molecule has 10 nitrogen and oxygen atoms in total. The van der Waals surface area contributed by atoms with E-state index in [4.69, 9.17) is 18.9 Å². The van der Waals surface area contributed by atoms with E-state index in [1.54, 1.807) is 0 Å². The van der Waals surface area contributed by atoms with Crippen molar-refractivity contribution in [2.24, 2.45) is 0 Å². The van der Waals surface area contributed by atoms with E-state index in [1.165, 1.54) is 0 Å². The van der Waals surface area contributed by atoms with Gasteiger partial charge in [0.25, 0.3) is 0 Å². The standard InChI is InChI=1S/C38H72N2O8/c1-5-9-13-21-45-29-35(41)25-39(26-36(42)30-46-22-14-10-6-2)33-17-19-34(20-18-33)40(27-37(43)31-47-23-15-11-7-3)28-38(44)32-48-24-16-12-8-4/h17-20,35-38,41-44H,5-16,21-32H2,1-4H3. The molecule has 0 aliphatic carbocycles. The van der Waals surface area contributed by atoms with E-state index < -0.39 is 24.4 Å². The van der Waals surface area contributed by atoms with Gasteiger partial charge >= 0.3 is 0 Å². The van der Waals surface area contributed by atoms with Crippen molar-refractivity contribution in [1.82, 2.24) is 0 Å². The molecule has 4 atom stereocenters. The smallest absolute Gasteiger partial charge is 0.0948 e. The van der Waals surface area contributed by atoms with Crippen LogP contribution in [0.3, 0.4) is 0 Å². The largest absolute Gasteiger partial charge is 0.389 e. The van der Waals surface area contributed by atoms with Gasteiger partial charge in [0.15, 0.2) is 0 Å². The Kier molecular flexibility index (Phi) is 28.1. The SMILES string of the molecule is CCCCCOCC(O)CN(CC(O)COCCCCC)c1ccc(N(CC(O)COCCCCC)CC(O)COCCCCC)cc1. The minimum Gasteiger partial charge on any atom is -0.389 e. The molecule has 0 radical (unpaired) electrons. The number of benzene rings is 1. The molecule has 0 aromatic heterocycles. The summed E-state index contributed by atoms with van der Waals surface area (Å²) in [6.45, 7) is 13.2. The van der Waals surface area contributed by atoms with Crippen molar-refractivity contribution in [3.63, 3.8) is 0 Å². The van der Waals surface area contributed by atoms with E-state index in [0.717, 1.165) is 88.4 Å². The van der Waals surface area contributed by atoms with E-state index >= 15 is 0 Å². The molecule has 1 aromatic rings. The fraction of sp³-hybridized carbons (Fsp3) is 0.842. The summed E-state index contributed by atoms with van der Waals surface area (Å²) >= 11 is 0. The van der Waals surface area contributed by atoms with Crippen LogP contribution in [0.4, 0.5) is 11.4 Å². The number of unbranched alkanes of at least 4 members (excludes halogenated alkanes) is 8. The van der Waals surface area contributed by atoms with Gasteiger partial charge in [-0.25, -0.2) is 0 Å². The van der Waals surface area contributed by atoms with Crippen LogP contribution < -0.4 is 9.80 Å². The molecule has 0 aliphatic heterocycles. The fourth-order valence-corrected chi connectivity index (χ4v) is 5.37. The van der Waals surface area contributed by atoms with Crippen molar-refractivity contribution >= 4 is 11.4 Å². The van der Waals surface area contributed by atoms with Gasteiger partial charge in [-0.05, 0) is 49.9 Å². The molecule has 1 rings (SSSR count). The summed E-state index contributed by atoms with van der Waals surface area (Å²) in [6.07, 6.45) is 9.85. The number of hydrogen-bond acceptors (Lipinski definition) is 10. The monoisotopic (exact) mass is 685 g/mol. The molecule has 282 valence electrons. The van der Waals surface area contributed by atoms with Gasteiger partial charge in [0.05, 0.1) is 50.8 Å². The molecule has 1 aromatic carbocycles. The topological polar surface area (TPSA) is 124 Å². The predicted octanol–water partition coefficient (Wildman–Crippen LogP) is 5.57. The Morgan fingerprint density at radius 1 is 0.417 bits per heavy atom. The first-order valence-corrected chi connectivity index (χ1v) is 19.0. The molecule has 0 saturated carbocycles. The Hall–Kier alpha value is -1.50. The minimum atomic E-state index is -0.722. The summed E-state index contributed by atoms with van der Waals surface area (Å²) in [5.74, 6) is 0. The molecule has 48 heavy (non-hydrogen) atoms. The Labute approximate surface area is 292 Å². The summed E-state index contributed by atoms with van der Waals surface area (Å²) in [7, 11) is 0. The first-order valence-electron chi connectivity index (χ1n) is 19.0. The average molecular weight is 685 g/mol. The van der Waals surface area contributed by atoms with Crippen LogP contribution >= 0.6 is 0 Å². The van der Waals surface area contributed by atoms with E-state index in [-0.39, 0.29) is 26.4 Å². The maximum absolute atomic E-state index is 10.8. The number of ether oxygens (including phenoxy) is 4. The van der Waals surface area contributed by atoms with Gasteiger partial charge in [0.2, 0.25) is 0 Å². The van der Waals surface area contributed by atoms with Crippen LogP contribution in [0, 0.1) is 0 Å². The Morgan fingerprint density at radius 2 is 0.646 bits per heavy atom. The first kappa shape index (κ1) is 44.5. The highest BCUT2D eigenvalue weighted by atomic mass is 16.5. The molecule has 4 unspecified atom stereocenters. The maximum atomic E-state index is 10.8. The molecule has 0 fully saturated rings. The molecule has 10 heteroatoms. The van der Waals surface area contributed by atoms with E-state index in [9.17, 15) is 20.4 Å². The molecular weight excluding hydrogens is 612 g/mol. The lowest BCUT2D eigenvalue weighted by Gasteiger charge is -2.32. The van der Waals surface area contributed by atoms with Crippen molar-refractivity contribution in [3.8, 4) is 0 Å². The average Bonchev–Trinajstić information content (AvgIpc) is 3.07. The van der Waals surface area contributed by atoms with Crippen molar-refractivity contribution in [2.75, 3.05) is 88.8 Å². The lowest BCUT2D eigenvalue weighted by atomic mass is 10.2. The summed E-state index contributed by atoms with van der Waals surface area (Å²) in [5.41, 5.74) is 1.68. The van der Waals surface area contributed by atoms with E-state index in [0.29, 0.717) is 52.6 Å². The molecule has 0 aliphatic rings. The minimum absolute atomic E-state index is 0.229. The zero-order valence-corrected chi connectivity index (χ0v) is 30.9. The van der Waals surface area contributed by atoms with Crippen LogP contribution in [0.25, 0.3) is 0 Å². The molecule has 0 heterocycles. The van der Waals surface area contributed by atoms with Crippen LogP contribution in [0.2, 0.25) is 0 Å². The van der Waals surface area contributed by atoms with Crippen molar-refractivity contribution in [3.05, 3.63) is 24.3 Å². The van der Waals surface area contributed by atoms with Crippen LogP contribution in [0.15, 0.2) is 24.3 Å². The number of aliphatic hydroxyl groups excluding tert-OH is 4. The van der Waals surface area contributed by atoms with Crippen LogP contribution in [0.5, 0.6) is 0 Å². The molecule has 4 N–H and O–H groups in total. The van der Waals surface area contributed by atoms with Gasteiger partial charge in [-0.15, -0.1) is 0 Å². The zero-order chi connectivity index (χ0) is 35.2. The second-order valence-electron chi connectivity index (χ2n) is 13.1. The summed E-state index contributed by atoms with van der Waals surface area (Å²) in [6, 6.07) is 7.81. The zero-order valence-electron chi connectivity index (χ0n) is 30.9. The van der Waals surface area contributed by atoms with Crippen molar-refractivity contribution in [2.45, 2.75) is 129 Å². The van der Waals surface area contributed by atoms with E-state index in [2.05, 4.69) is 27.7 Å². The highest BCUT2D eigenvalue weighted by Crippen LogP contribution is 2.23. The number of nitrogens with zero attached hydrogens (tertiary/aromatic N) is 2. The number of anilines is 2. The highest BCUT2D eigenvalue weighted by Gasteiger charge is 2.20. The number of hydrogen-bond donors (Lipinski definition) is 4. The first-order chi connectivity index (χ1) is 23.3. The van der Waals surface area contributed by atoms with Crippen molar-refractivity contribution < 1.29 is 39.4 Å². The normalized spacial score (nSPS) is 14.2.